The minimum Gasteiger partial charge on any atom is -0.186 e. The average Bonchev–Trinajstić information content (AvgIpc) is 2.62. The van der Waals surface area contributed by atoms with Gasteiger partial charge in [0.1, 0.15) is 8.90 Å². The van der Waals surface area contributed by atoms with Crippen molar-refractivity contribution >= 4 is 31.9 Å². The molecule has 4 nitrogen and oxygen atoms in total. The average molecular weight is 362 g/mol. The van der Waals surface area contributed by atoms with Gasteiger partial charge in [0, 0.05) is 24.7 Å². The van der Waals surface area contributed by atoms with Crippen molar-refractivity contribution in [1.82, 2.24) is 0 Å². The Kier molecular flexibility index (Phi) is 1.74. The molecule has 0 aromatic carbocycles. The molecule has 0 aromatic rings. The van der Waals surface area contributed by atoms with Gasteiger partial charge in [-0.25, -0.2) is 0 Å². The first-order valence-corrected chi connectivity index (χ1v) is 7.64. The summed E-state index contributed by atoms with van der Waals surface area (Å²) in [6.45, 7) is 4.42. The third-order valence-corrected chi connectivity index (χ3v) is 7.12. The molecule has 2 saturated carbocycles. The molecule has 0 unspecified atom stereocenters. The lowest BCUT2D eigenvalue weighted by Crippen LogP contribution is -2.61. The Morgan fingerprint density at radius 1 is 0.824 bits per heavy atom. The van der Waals surface area contributed by atoms with E-state index in [0.29, 0.717) is 11.8 Å². The van der Waals surface area contributed by atoms with Crippen molar-refractivity contribution in [3.8, 4) is 0 Å². The summed E-state index contributed by atoms with van der Waals surface area (Å²) in [6.07, 6.45) is 2.92. The Morgan fingerprint density at radius 2 is 1.24 bits per heavy atom. The van der Waals surface area contributed by atoms with E-state index < -0.39 is 0 Å². The second-order valence-electron chi connectivity index (χ2n) is 6.45. The van der Waals surface area contributed by atoms with Crippen molar-refractivity contribution in [3.63, 3.8) is 0 Å². The van der Waals surface area contributed by atoms with Gasteiger partial charge < -0.3 is 0 Å². The molecule has 92 valence electrons. The Morgan fingerprint density at radius 3 is 1.65 bits per heavy atom. The van der Waals surface area contributed by atoms with Crippen LogP contribution in [0.15, 0.2) is 20.5 Å². The summed E-state index contributed by atoms with van der Waals surface area (Å²) in [7, 11) is 0. The van der Waals surface area contributed by atoms with Gasteiger partial charge in [0.15, 0.2) is 0 Å². The molecule has 2 bridgehead atoms. The SMILES string of the molecule is C[C@]12C[C@]3(Br)N=N[C@]4(C)C[C@](Br)(N=N1)[C@H]2C[C@@H]43. The molecule has 0 aromatic heterocycles. The Balaban J connectivity index is 1.93. The third kappa shape index (κ3) is 1.10. The predicted molar refractivity (Wildman–Crippen MR) is 70.7 cm³/mol. The summed E-state index contributed by atoms with van der Waals surface area (Å²) in [5.41, 5.74) is -0.178. The van der Waals surface area contributed by atoms with Crippen LogP contribution in [0.2, 0.25) is 0 Å². The van der Waals surface area contributed by atoms with Crippen LogP contribution in [0, 0.1) is 11.8 Å². The fourth-order valence-electron chi connectivity index (χ4n) is 4.37. The van der Waals surface area contributed by atoms with E-state index in [1.807, 2.05) is 0 Å². The number of rotatable bonds is 0. The fraction of sp³-hybridized carbons (Fsp3) is 1.00. The molecular formula is C11H14Br2N4. The largest absolute Gasteiger partial charge is 0.186 e. The number of hydrogen-bond donors (Lipinski definition) is 0. The van der Waals surface area contributed by atoms with Gasteiger partial charge in [-0.15, -0.1) is 0 Å². The van der Waals surface area contributed by atoms with E-state index in [4.69, 9.17) is 0 Å². The summed E-state index contributed by atoms with van der Waals surface area (Å²) in [6, 6.07) is 0. The first-order chi connectivity index (χ1) is 7.80. The van der Waals surface area contributed by atoms with Gasteiger partial charge in [-0.05, 0) is 20.3 Å². The molecule has 4 aliphatic rings. The lowest BCUT2D eigenvalue weighted by atomic mass is 9.56. The van der Waals surface area contributed by atoms with Gasteiger partial charge in [0.05, 0.1) is 11.1 Å². The summed E-state index contributed by atoms with van der Waals surface area (Å²) < 4.78 is -0.407. The Bertz CT molecular complexity index is 402. The molecule has 2 heterocycles. The topological polar surface area (TPSA) is 49.4 Å². The van der Waals surface area contributed by atoms with Gasteiger partial charge in [0.2, 0.25) is 0 Å². The first-order valence-electron chi connectivity index (χ1n) is 6.06. The van der Waals surface area contributed by atoms with Crippen LogP contribution in [0.1, 0.15) is 33.1 Å². The molecule has 6 heteroatoms. The van der Waals surface area contributed by atoms with Gasteiger partial charge >= 0.3 is 0 Å². The summed E-state index contributed by atoms with van der Waals surface area (Å²) >= 11 is 7.67. The number of halogens is 2. The molecule has 2 aliphatic carbocycles. The summed E-state index contributed by atoms with van der Waals surface area (Å²) in [5.74, 6) is 0.976. The number of nitrogens with zero attached hydrogens (tertiary/aromatic N) is 4. The van der Waals surface area contributed by atoms with Crippen molar-refractivity contribution in [2.24, 2.45) is 32.3 Å². The lowest BCUT2D eigenvalue weighted by molar-refractivity contribution is 0.0493. The van der Waals surface area contributed by atoms with Crippen LogP contribution in [0.25, 0.3) is 0 Å². The van der Waals surface area contributed by atoms with E-state index in [0.717, 1.165) is 19.3 Å². The van der Waals surface area contributed by atoms with E-state index in [-0.39, 0.29) is 20.0 Å². The van der Waals surface area contributed by atoms with Crippen LogP contribution in [0.3, 0.4) is 0 Å². The highest BCUT2D eigenvalue weighted by Gasteiger charge is 2.72. The highest BCUT2D eigenvalue weighted by molar-refractivity contribution is 9.10. The van der Waals surface area contributed by atoms with Gasteiger partial charge in [0.25, 0.3) is 0 Å². The molecule has 0 spiro atoms. The standard InChI is InChI=1S/C11H14Br2N4/c1-8-4-10(12)7-3-6(8)11(13,16-14-8)5-9(7,2)15-17-10/h6-7H,3-5H2,1-2H3/t6-,7-,8+,9+,10-,11-/m0/s1. The number of hydrogen-bond acceptors (Lipinski definition) is 4. The Labute approximate surface area is 117 Å². The molecule has 6 atom stereocenters. The van der Waals surface area contributed by atoms with Gasteiger partial charge in [-0.1, -0.05) is 31.9 Å². The van der Waals surface area contributed by atoms with Crippen LogP contribution in [0.4, 0.5) is 0 Å². The smallest absolute Gasteiger partial charge is 0.143 e. The maximum atomic E-state index is 4.58. The minimum atomic E-state index is -0.204. The maximum Gasteiger partial charge on any atom is 0.143 e. The minimum absolute atomic E-state index is 0.0891. The summed E-state index contributed by atoms with van der Waals surface area (Å²) in [5, 5.41) is 18.3. The van der Waals surface area contributed by atoms with Gasteiger partial charge in [-0.3, -0.25) is 0 Å². The van der Waals surface area contributed by atoms with Crippen LogP contribution in [-0.4, -0.2) is 20.0 Å². The first kappa shape index (κ1) is 11.0. The molecule has 2 aliphatic heterocycles. The van der Waals surface area contributed by atoms with Crippen molar-refractivity contribution in [2.45, 2.75) is 53.1 Å². The van der Waals surface area contributed by atoms with Crippen LogP contribution in [0.5, 0.6) is 0 Å². The normalized spacial score (nSPS) is 66.6. The van der Waals surface area contributed by atoms with Crippen LogP contribution in [-0.2, 0) is 0 Å². The number of azo groups is 2. The van der Waals surface area contributed by atoms with Crippen molar-refractivity contribution in [2.75, 3.05) is 0 Å². The quantitative estimate of drug-likeness (QED) is 0.461. The molecule has 0 radical (unpaired) electrons. The fourth-order valence-corrected chi connectivity index (χ4v) is 7.02. The van der Waals surface area contributed by atoms with E-state index in [2.05, 4.69) is 66.2 Å². The maximum absolute atomic E-state index is 4.58. The highest BCUT2D eigenvalue weighted by Crippen LogP contribution is 2.69. The molecule has 17 heavy (non-hydrogen) atoms. The number of alkyl halides is 2. The molecule has 0 N–H and O–H groups in total. The van der Waals surface area contributed by atoms with E-state index in [9.17, 15) is 0 Å². The molecule has 2 fully saturated rings. The molecule has 0 amide bonds. The zero-order valence-electron chi connectivity index (χ0n) is 9.82. The second-order valence-corrected chi connectivity index (χ2v) is 9.19. The zero-order valence-corrected chi connectivity index (χ0v) is 13.0. The van der Waals surface area contributed by atoms with E-state index in [1.54, 1.807) is 0 Å². The predicted octanol–water partition coefficient (Wildman–Crippen LogP) is 4.05. The van der Waals surface area contributed by atoms with E-state index in [1.165, 1.54) is 0 Å². The second kappa shape index (κ2) is 2.69. The van der Waals surface area contributed by atoms with Crippen molar-refractivity contribution < 1.29 is 0 Å². The third-order valence-electron chi connectivity index (χ3n) is 5.14. The van der Waals surface area contributed by atoms with Crippen LogP contribution < -0.4 is 0 Å². The molecule has 4 rings (SSSR count). The Hall–Kier alpha value is 0.160. The van der Waals surface area contributed by atoms with Crippen LogP contribution >= 0.6 is 31.9 Å². The zero-order chi connectivity index (χ0) is 12.1. The van der Waals surface area contributed by atoms with Gasteiger partial charge in [-0.2, -0.15) is 20.5 Å². The monoisotopic (exact) mass is 360 g/mol. The lowest BCUT2D eigenvalue weighted by Gasteiger charge is -2.53. The van der Waals surface area contributed by atoms with E-state index >= 15 is 0 Å². The van der Waals surface area contributed by atoms with Crippen molar-refractivity contribution in [1.29, 1.82) is 0 Å². The molecule has 0 saturated heterocycles. The summed E-state index contributed by atoms with van der Waals surface area (Å²) in [4.78, 5) is 0. The molecular weight excluding hydrogens is 348 g/mol. The highest BCUT2D eigenvalue weighted by atomic mass is 79.9. The van der Waals surface area contributed by atoms with Crippen molar-refractivity contribution in [3.05, 3.63) is 0 Å².